The van der Waals surface area contributed by atoms with E-state index < -0.39 is 0 Å². The number of ether oxygens (including phenoxy) is 2. The quantitative estimate of drug-likeness (QED) is 0.785. The van der Waals surface area contributed by atoms with Gasteiger partial charge in [0, 0.05) is 25.5 Å². The van der Waals surface area contributed by atoms with Gasteiger partial charge < -0.3 is 14.8 Å². The van der Waals surface area contributed by atoms with Crippen molar-refractivity contribution in [1.82, 2.24) is 5.32 Å². The summed E-state index contributed by atoms with van der Waals surface area (Å²) in [5.41, 5.74) is 2.75. The second kappa shape index (κ2) is 8.35. The van der Waals surface area contributed by atoms with Crippen LogP contribution in [-0.2, 0) is 20.9 Å². The van der Waals surface area contributed by atoms with Crippen LogP contribution in [0.4, 0.5) is 0 Å². The number of carbonyl (C=O) groups excluding carboxylic acids is 2. The Morgan fingerprint density at radius 1 is 1.21 bits per heavy atom. The zero-order valence-corrected chi connectivity index (χ0v) is 16.3. The predicted molar refractivity (Wildman–Crippen MR) is 110 cm³/mol. The predicted octanol–water partition coefficient (Wildman–Crippen LogP) is 4.00. The van der Waals surface area contributed by atoms with E-state index in [0.29, 0.717) is 25.2 Å². The van der Waals surface area contributed by atoms with Gasteiger partial charge in [0.2, 0.25) is 11.7 Å². The lowest BCUT2D eigenvalue weighted by Gasteiger charge is -2.22. The van der Waals surface area contributed by atoms with Crippen LogP contribution in [-0.4, -0.2) is 17.8 Å². The molecule has 2 unspecified atom stereocenters. The first-order chi connectivity index (χ1) is 14.1. The second-order valence-electron chi connectivity index (χ2n) is 7.33. The van der Waals surface area contributed by atoms with Crippen molar-refractivity contribution in [1.29, 1.82) is 0 Å². The Bertz CT molecular complexity index is 977. The average molecular weight is 389 g/mol. The van der Waals surface area contributed by atoms with Crippen LogP contribution in [0.15, 0.2) is 72.1 Å². The molecule has 1 fully saturated rings. The highest BCUT2D eigenvalue weighted by Gasteiger charge is 2.42. The van der Waals surface area contributed by atoms with Gasteiger partial charge in [0.05, 0.1) is 5.92 Å². The van der Waals surface area contributed by atoms with Crippen LogP contribution in [0.5, 0.6) is 5.75 Å². The number of Topliss-reactive ketones (excluding diaryl/α,β-unsaturated/α-hetero) is 1. The Labute approximate surface area is 170 Å². The smallest absolute Gasteiger partial charge is 0.220 e. The van der Waals surface area contributed by atoms with Gasteiger partial charge in [-0.3, -0.25) is 9.59 Å². The second-order valence-corrected chi connectivity index (χ2v) is 7.33. The molecular weight excluding hydrogens is 366 g/mol. The Morgan fingerprint density at radius 2 is 2.03 bits per heavy atom. The summed E-state index contributed by atoms with van der Waals surface area (Å²) in [6.45, 7) is 1.95. The van der Waals surface area contributed by atoms with Gasteiger partial charge in [-0.25, -0.2) is 0 Å². The van der Waals surface area contributed by atoms with Crippen molar-refractivity contribution >= 4 is 17.8 Å². The molecule has 4 rings (SSSR count). The minimum Gasteiger partial charge on any atom is -0.489 e. The standard InChI is InChI=1S/C24H23NO4/c1-16(26)25-19-10-11-22-21(14-19)24(27)23(29-22)13-18-8-5-9-20(12-18)28-15-17-6-3-2-4-7-17/h2-10,12-13,21-22H,11,14-15H2,1H3,(H,25,26)/b23-13-. The fourth-order valence-corrected chi connectivity index (χ4v) is 3.69. The van der Waals surface area contributed by atoms with E-state index >= 15 is 0 Å². The van der Waals surface area contributed by atoms with E-state index in [1.165, 1.54) is 6.92 Å². The summed E-state index contributed by atoms with van der Waals surface area (Å²) in [6.07, 6.45) is 4.67. The molecule has 0 saturated carbocycles. The molecule has 2 aliphatic rings. The highest BCUT2D eigenvalue weighted by atomic mass is 16.5. The van der Waals surface area contributed by atoms with E-state index in [2.05, 4.69) is 5.32 Å². The van der Waals surface area contributed by atoms with E-state index in [0.717, 1.165) is 22.6 Å². The molecule has 1 aliphatic carbocycles. The summed E-state index contributed by atoms with van der Waals surface area (Å²) >= 11 is 0. The number of fused-ring (bicyclic) bond motifs is 1. The van der Waals surface area contributed by atoms with Gasteiger partial charge in [0.15, 0.2) is 5.76 Å². The number of allylic oxidation sites excluding steroid dienone is 2. The number of benzene rings is 2. The molecule has 0 spiro atoms. The number of amides is 1. The first kappa shape index (κ1) is 19.0. The molecule has 5 nitrogen and oxygen atoms in total. The summed E-state index contributed by atoms with van der Waals surface area (Å²) in [6, 6.07) is 17.6. The molecule has 1 heterocycles. The van der Waals surface area contributed by atoms with Crippen LogP contribution in [0, 0.1) is 5.92 Å². The molecule has 2 atom stereocenters. The van der Waals surface area contributed by atoms with Crippen molar-refractivity contribution in [2.75, 3.05) is 0 Å². The molecule has 29 heavy (non-hydrogen) atoms. The Balaban J connectivity index is 1.44. The highest BCUT2D eigenvalue weighted by Crippen LogP contribution is 2.36. The molecule has 1 saturated heterocycles. The first-order valence-electron chi connectivity index (χ1n) is 9.74. The maximum atomic E-state index is 12.8. The minimum absolute atomic E-state index is 0.0124. The number of carbonyl (C=O) groups is 2. The van der Waals surface area contributed by atoms with Crippen LogP contribution in [0.2, 0.25) is 0 Å². The van der Waals surface area contributed by atoms with Crippen molar-refractivity contribution in [2.45, 2.75) is 32.5 Å². The Kier molecular flexibility index (Phi) is 5.47. The van der Waals surface area contributed by atoms with E-state index in [4.69, 9.17) is 9.47 Å². The van der Waals surface area contributed by atoms with Gasteiger partial charge in [-0.1, -0.05) is 48.5 Å². The van der Waals surface area contributed by atoms with Gasteiger partial charge in [0.1, 0.15) is 18.5 Å². The van der Waals surface area contributed by atoms with Gasteiger partial charge in [-0.05, 0) is 29.3 Å². The number of nitrogens with one attached hydrogen (secondary N) is 1. The number of rotatable bonds is 5. The monoisotopic (exact) mass is 389 g/mol. The Hall–Kier alpha value is -3.34. The number of hydrogen-bond donors (Lipinski definition) is 1. The largest absolute Gasteiger partial charge is 0.489 e. The normalized spacial score (nSPS) is 21.9. The zero-order chi connectivity index (χ0) is 20.2. The van der Waals surface area contributed by atoms with Crippen LogP contribution in [0.25, 0.3) is 6.08 Å². The number of ketones is 1. The van der Waals surface area contributed by atoms with Crippen molar-refractivity contribution < 1.29 is 19.1 Å². The maximum Gasteiger partial charge on any atom is 0.220 e. The molecular formula is C24H23NO4. The third-order valence-corrected chi connectivity index (χ3v) is 5.08. The minimum atomic E-state index is -0.245. The molecule has 1 aliphatic heterocycles. The van der Waals surface area contributed by atoms with E-state index in [9.17, 15) is 9.59 Å². The van der Waals surface area contributed by atoms with Crippen LogP contribution in [0.1, 0.15) is 30.9 Å². The molecule has 2 aromatic rings. The average Bonchev–Trinajstić information content (AvgIpc) is 3.02. The fraction of sp³-hybridized carbons (Fsp3) is 0.250. The van der Waals surface area contributed by atoms with Crippen LogP contribution >= 0.6 is 0 Å². The topological polar surface area (TPSA) is 64.6 Å². The van der Waals surface area contributed by atoms with E-state index in [1.54, 1.807) is 6.08 Å². The fourth-order valence-electron chi connectivity index (χ4n) is 3.69. The molecule has 5 heteroatoms. The summed E-state index contributed by atoms with van der Waals surface area (Å²) in [5.74, 6) is 0.731. The molecule has 1 N–H and O–H groups in total. The van der Waals surface area contributed by atoms with Gasteiger partial charge in [0.25, 0.3) is 0 Å². The summed E-state index contributed by atoms with van der Waals surface area (Å²) in [7, 11) is 0. The van der Waals surface area contributed by atoms with E-state index in [-0.39, 0.29) is 23.7 Å². The number of hydrogen-bond acceptors (Lipinski definition) is 4. The zero-order valence-electron chi connectivity index (χ0n) is 16.3. The van der Waals surface area contributed by atoms with Crippen molar-refractivity contribution in [3.05, 3.63) is 83.3 Å². The lowest BCUT2D eigenvalue weighted by molar-refractivity contribution is -0.120. The Morgan fingerprint density at radius 3 is 2.83 bits per heavy atom. The molecule has 0 aromatic heterocycles. The molecule has 0 radical (unpaired) electrons. The van der Waals surface area contributed by atoms with Crippen molar-refractivity contribution in [3.8, 4) is 5.75 Å². The highest BCUT2D eigenvalue weighted by molar-refractivity contribution is 6.01. The molecule has 2 aromatic carbocycles. The first-order valence-corrected chi connectivity index (χ1v) is 9.74. The SMILES string of the molecule is CC(=O)NC1=CCC2O/C(=C\c3cccc(OCc4ccccc4)c3)C(=O)C2C1. The van der Waals surface area contributed by atoms with Crippen molar-refractivity contribution in [3.63, 3.8) is 0 Å². The van der Waals surface area contributed by atoms with Gasteiger partial charge in [-0.2, -0.15) is 0 Å². The lowest BCUT2D eigenvalue weighted by Crippen LogP contribution is -2.30. The third-order valence-electron chi connectivity index (χ3n) is 5.08. The van der Waals surface area contributed by atoms with Crippen LogP contribution in [0.3, 0.4) is 0 Å². The summed E-state index contributed by atoms with van der Waals surface area (Å²) in [5, 5.41) is 2.79. The summed E-state index contributed by atoms with van der Waals surface area (Å²) in [4.78, 5) is 24.1. The van der Waals surface area contributed by atoms with Gasteiger partial charge in [-0.15, -0.1) is 0 Å². The van der Waals surface area contributed by atoms with Crippen LogP contribution < -0.4 is 10.1 Å². The van der Waals surface area contributed by atoms with Gasteiger partial charge >= 0.3 is 0 Å². The third kappa shape index (κ3) is 4.57. The van der Waals surface area contributed by atoms with E-state index in [1.807, 2.05) is 60.7 Å². The maximum absolute atomic E-state index is 12.8. The lowest BCUT2D eigenvalue weighted by atomic mass is 9.87. The molecule has 1 amide bonds. The molecule has 0 bridgehead atoms. The molecule has 148 valence electrons. The summed E-state index contributed by atoms with van der Waals surface area (Å²) < 4.78 is 11.8. The van der Waals surface area contributed by atoms with Crippen molar-refractivity contribution in [2.24, 2.45) is 5.92 Å².